The molecule has 1 heteroatoms. The van der Waals surface area contributed by atoms with Gasteiger partial charge in [-0.1, -0.05) is 127 Å². The van der Waals surface area contributed by atoms with E-state index in [1.165, 1.54) is 71.3 Å². The standard InChI is InChI=1S/C42H29N/c1-28-16-18-29(19-17-28)41-36-11-2-4-13-38(36)42(39-14-5-3-12-37(39)41)35-23-22-32-25-31(20-21-33(32)27-35)30-9-8-10-34(26-30)40-15-6-7-24-43-40/h2-27H,1H3. The summed E-state index contributed by atoms with van der Waals surface area (Å²) in [5.41, 5.74) is 10.9. The van der Waals surface area contributed by atoms with Crippen LogP contribution in [0.3, 0.4) is 0 Å². The van der Waals surface area contributed by atoms with Crippen LogP contribution < -0.4 is 0 Å². The number of rotatable bonds is 4. The van der Waals surface area contributed by atoms with Gasteiger partial charge in [0.05, 0.1) is 5.69 Å². The van der Waals surface area contributed by atoms with Crippen LogP contribution in [-0.4, -0.2) is 4.98 Å². The van der Waals surface area contributed by atoms with Crippen molar-refractivity contribution in [2.45, 2.75) is 6.92 Å². The van der Waals surface area contributed by atoms with Gasteiger partial charge in [0.2, 0.25) is 0 Å². The maximum Gasteiger partial charge on any atom is 0.0702 e. The quantitative estimate of drug-likeness (QED) is 0.200. The normalized spacial score (nSPS) is 11.4. The number of hydrogen-bond acceptors (Lipinski definition) is 1. The zero-order chi connectivity index (χ0) is 28.8. The highest BCUT2D eigenvalue weighted by Gasteiger charge is 2.16. The van der Waals surface area contributed by atoms with Crippen molar-refractivity contribution in [2.24, 2.45) is 0 Å². The Balaban J connectivity index is 1.28. The van der Waals surface area contributed by atoms with E-state index in [4.69, 9.17) is 0 Å². The Morgan fingerprint density at radius 3 is 1.51 bits per heavy atom. The summed E-state index contributed by atoms with van der Waals surface area (Å²) in [4.78, 5) is 4.54. The topological polar surface area (TPSA) is 12.9 Å². The molecule has 202 valence electrons. The highest BCUT2D eigenvalue weighted by Crippen LogP contribution is 2.44. The first-order valence-corrected chi connectivity index (χ1v) is 14.8. The van der Waals surface area contributed by atoms with E-state index in [9.17, 15) is 0 Å². The summed E-state index contributed by atoms with van der Waals surface area (Å²) in [6.45, 7) is 2.14. The molecule has 0 atom stereocenters. The molecule has 7 aromatic carbocycles. The second kappa shape index (κ2) is 10.4. The van der Waals surface area contributed by atoms with Crippen LogP contribution in [0.5, 0.6) is 0 Å². The molecule has 0 saturated carbocycles. The number of hydrogen-bond donors (Lipinski definition) is 0. The monoisotopic (exact) mass is 547 g/mol. The minimum absolute atomic E-state index is 0.989. The van der Waals surface area contributed by atoms with E-state index in [1.807, 2.05) is 18.3 Å². The predicted octanol–water partition coefficient (Wildman–Crippen LogP) is 11.5. The molecular formula is C42H29N. The average molecular weight is 548 g/mol. The van der Waals surface area contributed by atoms with Crippen LogP contribution in [0.4, 0.5) is 0 Å². The van der Waals surface area contributed by atoms with E-state index in [2.05, 4.69) is 151 Å². The molecule has 0 aliphatic heterocycles. The lowest BCUT2D eigenvalue weighted by Gasteiger charge is -2.18. The van der Waals surface area contributed by atoms with Crippen LogP contribution in [0.25, 0.3) is 77.0 Å². The van der Waals surface area contributed by atoms with Gasteiger partial charge in [0, 0.05) is 11.8 Å². The van der Waals surface area contributed by atoms with E-state index < -0.39 is 0 Å². The lowest BCUT2D eigenvalue weighted by Crippen LogP contribution is -1.91. The molecule has 0 N–H and O–H groups in total. The Hall–Kier alpha value is -5.53. The van der Waals surface area contributed by atoms with Crippen molar-refractivity contribution in [1.82, 2.24) is 4.98 Å². The highest BCUT2D eigenvalue weighted by atomic mass is 14.7. The Morgan fingerprint density at radius 1 is 0.372 bits per heavy atom. The summed E-state index contributed by atoms with van der Waals surface area (Å²) >= 11 is 0. The number of nitrogens with zero attached hydrogens (tertiary/aromatic N) is 1. The summed E-state index contributed by atoms with van der Waals surface area (Å²) in [6.07, 6.45) is 1.85. The summed E-state index contributed by atoms with van der Waals surface area (Å²) < 4.78 is 0. The molecular weight excluding hydrogens is 518 g/mol. The molecule has 0 aliphatic rings. The molecule has 8 rings (SSSR count). The van der Waals surface area contributed by atoms with Gasteiger partial charge >= 0.3 is 0 Å². The lowest BCUT2D eigenvalue weighted by atomic mass is 9.85. The zero-order valence-electron chi connectivity index (χ0n) is 24.0. The highest BCUT2D eigenvalue weighted by molar-refractivity contribution is 6.21. The third-order valence-corrected chi connectivity index (χ3v) is 8.56. The van der Waals surface area contributed by atoms with Gasteiger partial charge in [-0.2, -0.15) is 0 Å². The van der Waals surface area contributed by atoms with Gasteiger partial charge in [-0.05, 0) is 103 Å². The SMILES string of the molecule is Cc1ccc(-c2c3ccccc3c(-c3ccc4cc(-c5cccc(-c6ccccn6)c5)ccc4c3)c3ccccc23)cc1. The molecule has 1 aromatic heterocycles. The first kappa shape index (κ1) is 25.2. The van der Waals surface area contributed by atoms with Gasteiger partial charge in [-0.25, -0.2) is 0 Å². The number of pyridine rings is 1. The van der Waals surface area contributed by atoms with E-state index in [-0.39, 0.29) is 0 Å². The number of fused-ring (bicyclic) bond motifs is 3. The van der Waals surface area contributed by atoms with Gasteiger partial charge in [0.25, 0.3) is 0 Å². The zero-order valence-corrected chi connectivity index (χ0v) is 24.0. The molecule has 8 aromatic rings. The van der Waals surface area contributed by atoms with Crippen molar-refractivity contribution < 1.29 is 0 Å². The third-order valence-electron chi connectivity index (χ3n) is 8.56. The second-order valence-corrected chi connectivity index (χ2v) is 11.3. The first-order valence-electron chi connectivity index (χ1n) is 14.8. The Kier molecular flexibility index (Phi) is 6.09. The Bertz CT molecular complexity index is 2220. The fourth-order valence-corrected chi connectivity index (χ4v) is 6.44. The second-order valence-electron chi connectivity index (χ2n) is 11.3. The van der Waals surface area contributed by atoms with Crippen LogP contribution in [0.15, 0.2) is 158 Å². The largest absolute Gasteiger partial charge is 0.256 e. The van der Waals surface area contributed by atoms with Crippen molar-refractivity contribution in [3.63, 3.8) is 0 Å². The first-order chi connectivity index (χ1) is 21.2. The van der Waals surface area contributed by atoms with Crippen molar-refractivity contribution in [2.75, 3.05) is 0 Å². The van der Waals surface area contributed by atoms with Crippen molar-refractivity contribution >= 4 is 32.3 Å². The van der Waals surface area contributed by atoms with Crippen LogP contribution in [0.1, 0.15) is 5.56 Å². The molecule has 0 fully saturated rings. The third kappa shape index (κ3) is 4.47. The lowest BCUT2D eigenvalue weighted by molar-refractivity contribution is 1.33. The van der Waals surface area contributed by atoms with Crippen molar-refractivity contribution in [3.05, 3.63) is 163 Å². The molecule has 43 heavy (non-hydrogen) atoms. The van der Waals surface area contributed by atoms with Gasteiger partial charge in [0.1, 0.15) is 0 Å². The van der Waals surface area contributed by atoms with E-state index in [1.54, 1.807) is 0 Å². The van der Waals surface area contributed by atoms with Crippen LogP contribution >= 0.6 is 0 Å². The van der Waals surface area contributed by atoms with Crippen LogP contribution in [0, 0.1) is 6.92 Å². The molecule has 0 bridgehead atoms. The number of aromatic nitrogens is 1. The fourth-order valence-electron chi connectivity index (χ4n) is 6.44. The summed E-state index contributed by atoms with van der Waals surface area (Å²) in [6, 6.07) is 55.0. The molecule has 0 spiro atoms. The number of aryl methyl sites for hydroxylation is 1. The van der Waals surface area contributed by atoms with E-state index in [0.717, 1.165) is 11.3 Å². The summed E-state index contributed by atoms with van der Waals surface area (Å²) in [5, 5.41) is 7.58. The Morgan fingerprint density at radius 2 is 0.884 bits per heavy atom. The fraction of sp³-hybridized carbons (Fsp3) is 0.0238. The molecule has 0 saturated heterocycles. The van der Waals surface area contributed by atoms with Crippen molar-refractivity contribution in [3.8, 4) is 44.6 Å². The van der Waals surface area contributed by atoms with E-state index >= 15 is 0 Å². The van der Waals surface area contributed by atoms with Crippen LogP contribution in [0.2, 0.25) is 0 Å². The molecule has 0 aliphatic carbocycles. The van der Waals surface area contributed by atoms with Gasteiger partial charge in [0.15, 0.2) is 0 Å². The predicted molar refractivity (Wildman–Crippen MR) is 183 cm³/mol. The van der Waals surface area contributed by atoms with Gasteiger partial charge in [-0.15, -0.1) is 0 Å². The van der Waals surface area contributed by atoms with Crippen molar-refractivity contribution in [1.29, 1.82) is 0 Å². The minimum Gasteiger partial charge on any atom is -0.256 e. The average Bonchev–Trinajstić information content (AvgIpc) is 3.07. The van der Waals surface area contributed by atoms with Gasteiger partial charge < -0.3 is 0 Å². The molecule has 0 unspecified atom stereocenters. The van der Waals surface area contributed by atoms with Gasteiger partial charge in [-0.3, -0.25) is 4.98 Å². The molecule has 1 heterocycles. The summed E-state index contributed by atoms with van der Waals surface area (Å²) in [5.74, 6) is 0. The maximum atomic E-state index is 4.54. The maximum absolute atomic E-state index is 4.54. The Labute approximate surface area is 251 Å². The smallest absolute Gasteiger partial charge is 0.0702 e. The number of benzene rings is 7. The minimum atomic E-state index is 0.989. The van der Waals surface area contributed by atoms with E-state index in [0.29, 0.717) is 0 Å². The molecule has 1 nitrogen and oxygen atoms in total. The molecule has 0 radical (unpaired) electrons. The van der Waals surface area contributed by atoms with Crippen LogP contribution in [-0.2, 0) is 0 Å². The molecule has 0 amide bonds. The summed E-state index contributed by atoms with van der Waals surface area (Å²) in [7, 11) is 0.